The average Bonchev–Trinajstić information content (AvgIpc) is 2.92. The Labute approximate surface area is 108 Å². The second kappa shape index (κ2) is 5.51. The molecular formula is C16H19NO. The third-order valence-electron chi connectivity index (χ3n) is 3.60. The minimum absolute atomic E-state index is 0.699. The van der Waals surface area contributed by atoms with E-state index in [1.165, 1.54) is 22.8 Å². The Balaban J connectivity index is 1.60. The Bertz CT molecular complexity index is 517. The van der Waals surface area contributed by atoms with Crippen molar-refractivity contribution in [2.24, 2.45) is 5.92 Å². The lowest BCUT2D eigenvalue weighted by molar-refractivity contribution is 0.185. The molecule has 0 bridgehead atoms. The molecule has 2 aromatic carbocycles. The van der Waals surface area contributed by atoms with Crippen molar-refractivity contribution >= 4 is 10.8 Å². The summed E-state index contributed by atoms with van der Waals surface area (Å²) in [5.41, 5.74) is 1.35. The Kier molecular flexibility index (Phi) is 3.58. The number of hydrogen-bond acceptors (Lipinski definition) is 2. The topological polar surface area (TPSA) is 21.3 Å². The third-order valence-corrected chi connectivity index (χ3v) is 3.60. The molecule has 0 amide bonds. The quantitative estimate of drug-likeness (QED) is 0.888. The molecule has 2 nitrogen and oxygen atoms in total. The number of rotatable bonds is 4. The fraction of sp³-hybridized carbons (Fsp3) is 0.375. The van der Waals surface area contributed by atoms with Crippen LogP contribution in [0.5, 0.6) is 0 Å². The van der Waals surface area contributed by atoms with Gasteiger partial charge in [0.2, 0.25) is 0 Å². The van der Waals surface area contributed by atoms with Gasteiger partial charge in [-0.15, -0.1) is 0 Å². The summed E-state index contributed by atoms with van der Waals surface area (Å²) in [7, 11) is 0. The first-order valence-corrected chi connectivity index (χ1v) is 6.68. The SMILES string of the molecule is c1ccc2cc(CNCC3CCOC3)ccc2c1. The highest BCUT2D eigenvalue weighted by atomic mass is 16.5. The number of benzene rings is 2. The lowest BCUT2D eigenvalue weighted by atomic mass is 10.1. The Morgan fingerprint density at radius 2 is 2.00 bits per heavy atom. The van der Waals surface area contributed by atoms with Gasteiger partial charge in [0.05, 0.1) is 6.61 Å². The summed E-state index contributed by atoms with van der Waals surface area (Å²) in [5.74, 6) is 0.699. The summed E-state index contributed by atoms with van der Waals surface area (Å²) in [6.45, 7) is 3.86. The Hall–Kier alpha value is -1.38. The van der Waals surface area contributed by atoms with Crippen molar-refractivity contribution in [1.82, 2.24) is 5.32 Å². The predicted octanol–water partition coefficient (Wildman–Crippen LogP) is 2.97. The molecule has 0 saturated carbocycles. The maximum absolute atomic E-state index is 5.38. The van der Waals surface area contributed by atoms with Crippen molar-refractivity contribution in [3.8, 4) is 0 Å². The van der Waals surface area contributed by atoms with Crippen LogP contribution in [-0.2, 0) is 11.3 Å². The van der Waals surface area contributed by atoms with E-state index in [4.69, 9.17) is 4.74 Å². The summed E-state index contributed by atoms with van der Waals surface area (Å²) >= 11 is 0. The van der Waals surface area contributed by atoms with E-state index in [0.29, 0.717) is 5.92 Å². The molecule has 0 aliphatic carbocycles. The largest absolute Gasteiger partial charge is 0.381 e. The van der Waals surface area contributed by atoms with Gasteiger partial charge in [0.15, 0.2) is 0 Å². The molecule has 94 valence electrons. The van der Waals surface area contributed by atoms with Crippen LogP contribution in [0.25, 0.3) is 10.8 Å². The normalized spacial score (nSPS) is 19.4. The van der Waals surface area contributed by atoms with Crippen LogP contribution in [0.15, 0.2) is 42.5 Å². The fourth-order valence-corrected chi connectivity index (χ4v) is 2.51. The van der Waals surface area contributed by atoms with Crippen LogP contribution in [-0.4, -0.2) is 19.8 Å². The van der Waals surface area contributed by atoms with Crippen molar-refractivity contribution in [3.63, 3.8) is 0 Å². The molecule has 3 rings (SSSR count). The molecule has 1 fully saturated rings. The van der Waals surface area contributed by atoms with E-state index in [1.54, 1.807) is 0 Å². The summed E-state index contributed by atoms with van der Waals surface area (Å²) in [5, 5.41) is 6.16. The standard InChI is InChI=1S/C16H19NO/c1-2-4-16-9-13(5-6-15(16)3-1)10-17-11-14-7-8-18-12-14/h1-6,9,14,17H,7-8,10-12H2. The number of fused-ring (bicyclic) bond motifs is 1. The molecular weight excluding hydrogens is 222 g/mol. The van der Waals surface area contributed by atoms with Gasteiger partial charge < -0.3 is 10.1 Å². The monoisotopic (exact) mass is 241 g/mol. The van der Waals surface area contributed by atoms with Crippen molar-refractivity contribution < 1.29 is 4.74 Å². The van der Waals surface area contributed by atoms with Crippen molar-refractivity contribution in [2.45, 2.75) is 13.0 Å². The van der Waals surface area contributed by atoms with E-state index >= 15 is 0 Å². The molecule has 2 heteroatoms. The van der Waals surface area contributed by atoms with Gasteiger partial charge in [-0.1, -0.05) is 36.4 Å². The van der Waals surface area contributed by atoms with Gasteiger partial charge in [-0.05, 0) is 34.7 Å². The molecule has 1 atom stereocenters. The lowest BCUT2D eigenvalue weighted by Gasteiger charge is -2.10. The van der Waals surface area contributed by atoms with Gasteiger partial charge in [-0.3, -0.25) is 0 Å². The first-order valence-electron chi connectivity index (χ1n) is 6.68. The third kappa shape index (κ3) is 2.71. The smallest absolute Gasteiger partial charge is 0.0507 e. The summed E-state index contributed by atoms with van der Waals surface area (Å²) in [4.78, 5) is 0. The predicted molar refractivity (Wildman–Crippen MR) is 74.6 cm³/mol. The second-order valence-corrected chi connectivity index (χ2v) is 5.04. The van der Waals surface area contributed by atoms with E-state index in [0.717, 1.165) is 26.3 Å². The van der Waals surface area contributed by atoms with Crippen LogP contribution in [0.4, 0.5) is 0 Å². The van der Waals surface area contributed by atoms with Gasteiger partial charge in [0.1, 0.15) is 0 Å². The van der Waals surface area contributed by atoms with Gasteiger partial charge in [0.25, 0.3) is 0 Å². The van der Waals surface area contributed by atoms with Crippen LogP contribution in [0.3, 0.4) is 0 Å². The van der Waals surface area contributed by atoms with Crippen LogP contribution in [0.2, 0.25) is 0 Å². The molecule has 0 radical (unpaired) electrons. The molecule has 0 aromatic heterocycles. The molecule has 1 saturated heterocycles. The molecule has 1 aliphatic heterocycles. The van der Waals surface area contributed by atoms with Crippen molar-refractivity contribution in [3.05, 3.63) is 48.0 Å². The van der Waals surface area contributed by atoms with Crippen LogP contribution >= 0.6 is 0 Å². The zero-order chi connectivity index (χ0) is 12.2. The maximum atomic E-state index is 5.38. The highest BCUT2D eigenvalue weighted by molar-refractivity contribution is 5.82. The number of ether oxygens (including phenoxy) is 1. The second-order valence-electron chi connectivity index (χ2n) is 5.04. The van der Waals surface area contributed by atoms with E-state index < -0.39 is 0 Å². The number of nitrogens with one attached hydrogen (secondary N) is 1. The zero-order valence-corrected chi connectivity index (χ0v) is 10.6. The zero-order valence-electron chi connectivity index (χ0n) is 10.6. The molecule has 1 aliphatic rings. The van der Waals surface area contributed by atoms with Gasteiger partial charge in [-0.2, -0.15) is 0 Å². The molecule has 2 aromatic rings. The summed E-state index contributed by atoms with van der Waals surface area (Å²) < 4.78 is 5.38. The first-order chi connectivity index (χ1) is 8.92. The fourth-order valence-electron chi connectivity index (χ4n) is 2.51. The highest BCUT2D eigenvalue weighted by Crippen LogP contribution is 2.16. The molecule has 0 spiro atoms. The van der Waals surface area contributed by atoms with Crippen molar-refractivity contribution in [2.75, 3.05) is 19.8 Å². The Morgan fingerprint density at radius 1 is 1.11 bits per heavy atom. The Morgan fingerprint density at radius 3 is 2.83 bits per heavy atom. The molecule has 1 unspecified atom stereocenters. The van der Waals surface area contributed by atoms with E-state index in [-0.39, 0.29) is 0 Å². The van der Waals surface area contributed by atoms with E-state index in [9.17, 15) is 0 Å². The minimum atomic E-state index is 0.699. The van der Waals surface area contributed by atoms with Crippen LogP contribution in [0, 0.1) is 5.92 Å². The summed E-state index contributed by atoms with van der Waals surface area (Å²) in [6, 6.07) is 15.2. The van der Waals surface area contributed by atoms with Crippen molar-refractivity contribution in [1.29, 1.82) is 0 Å². The van der Waals surface area contributed by atoms with E-state index in [2.05, 4.69) is 47.8 Å². The molecule has 1 N–H and O–H groups in total. The maximum Gasteiger partial charge on any atom is 0.0507 e. The van der Waals surface area contributed by atoms with Crippen LogP contribution < -0.4 is 5.32 Å². The van der Waals surface area contributed by atoms with Crippen LogP contribution in [0.1, 0.15) is 12.0 Å². The van der Waals surface area contributed by atoms with E-state index in [1.807, 2.05) is 0 Å². The number of hydrogen-bond donors (Lipinski definition) is 1. The highest BCUT2D eigenvalue weighted by Gasteiger charge is 2.14. The first kappa shape index (κ1) is 11.7. The average molecular weight is 241 g/mol. The molecule has 1 heterocycles. The van der Waals surface area contributed by atoms with Gasteiger partial charge in [0, 0.05) is 19.7 Å². The van der Waals surface area contributed by atoms with Gasteiger partial charge in [-0.25, -0.2) is 0 Å². The van der Waals surface area contributed by atoms with Gasteiger partial charge >= 0.3 is 0 Å². The summed E-state index contributed by atoms with van der Waals surface area (Å²) in [6.07, 6.45) is 1.20. The minimum Gasteiger partial charge on any atom is -0.381 e. The lowest BCUT2D eigenvalue weighted by Crippen LogP contribution is -2.22. The molecule has 18 heavy (non-hydrogen) atoms.